The standard InChI is InChI=1S/C16H21N3O2/c1-12(17-9-13-10-18-19(2)11-13)14-4-5-15-16(8-14)21-7-3-6-20-15/h4-5,8,10-12,17H,3,6-7,9H2,1-2H3. The van der Waals surface area contributed by atoms with Gasteiger partial charge in [0.1, 0.15) is 0 Å². The summed E-state index contributed by atoms with van der Waals surface area (Å²) in [7, 11) is 1.93. The van der Waals surface area contributed by atoms with Gasteiger partial charge in [-0.05, 0) is 24.6 Å². The smallest absolute Gasteiger partial charge is 0.161 e. The van der Waals surface area contributed by atoms with Crippen LogP contribution in [0.1, 0.15) is 30.5 Å². The number of hydrogen-bond donors (Lipinski definition) is 1. The molecule has 0 fully saturated rings. The minimum atomic E-state index is 0.238. The van der Waals surface area contributed by atoms with Gasteiger partial charge in [-0.2, -0.15) is 5.10 Å². The third kappa shape index (κ3) is 3.36. The molecule has 0 bridgehead atoms. The van der Waals surface area contributed by atoms with E-state index in [1.807, 2.05) is 30.2 Å². The number of aryl methyl sites for hydroxylation is 1. The van der Waals surface area contributed by atoms with Crippen LogP contribution in [0.25, 0.3) is 0 Å². The lowest BCUT2D eigenvalue weighted by atomic mass is 10.1. The summed E-state index contributed by atoms with van der Waals surface area (Å²) in [5.74, 6) is 1.69. The molecule has 1 N–H and O–H groups in total. The Labute approximate surface area is 124 Å². The molecule has 1 aromatic carbocycles. The van der Waals surface area contributed by atoms with E-state index in [1.54, 1.807) is 0 Å². The number of fused-ring (bicyclic) bond motifs is 1. The SMILES string of the molecule is CC(NCc1cnn(C)c1)c1ccc2c(c1)OCCCO2. The average Bonchev–Trinajstić information content (AvgIpc) is 2.77. The Morgan fingerprint density at radius 3 is 2.86 bits per heavy atom. The van der Waals surface area contributed by atoms with Crippen LogP contribution in [-0.2, 0) is 13.6 Å². The van der Waals surface area contributed by atoms with Gasteiger partial charge in [0.25, 0.3) is 0 Å². The second-order valence-corrected chi connectivity index (χ2v) is 5.38. The largest absolute Gasteiger partial charge is 0.490 e. The van der Waals surface area contributed by atoms with Crippen LogP contribution in [0.2, 0.25) is 0 Å². The monoisotopic (exact) mass is 287 g/mol. The van der Waals surface area contributed by atoms with Gasteiger partial charge in [0, 0.05) is 37.8 Å². The highest BCUT2D eigenvalue weighted by atomic mass is 16.5. The van der Waals surface area contributed by atoms with Crippen molar-refractivity contribution < 1.29 is 9.47 Å². The molecule has 1 unspecified atom stereocenters. The second-order valence-electron chi connectivity index (χ2n) is 5.38. The summed E-state index contributed by atoms with van der Waals surface area (Å²) in [6, 6.07) is 6.40. The number of rotatable bonds is 4. The Hall–Kier alpha value is -2.01. The Balaban J connectivity index is 1.66. The van der Waals surface area contributed by atoms with Crippen LogP contribution < -0.4 is 14.8 Å². The maximum atomic E-state index is 5.74. The van der Waals surface area contributed by atoms with Crippen molar-refractivity contribution >= 4 is 0 Å². The van der Waals surface area contributed by atoms with Gasteiger partial charge in [0.15, 0.2) is 11.5 Å². The van der Waals surface area contributed by atoms with E-state index < -0.39 is 0 Å². The first kappa shape index (κ1) is 13.9. The molecule has 0 saturated carbocycles. The number of hydrogen-bond acceptors (Lipinski definition) is 4. The molecular formula is C16H21N3O2. The molecular weight excluding hydrogens is 266 g/mol. The van der Waals surface area contributed by atoms with Gasteiger partial charge in [0.05, 0.1) is 19.4 Å². The summed E-state index contributed by atoms with van der Waals surface area (Å²) < 4.78 is 13.2. The first-order valence-corrected chi connectivity index (χ1v) is 7.33. The third-order valence-corrected chi connectivity index (χ3v) is 3.64. The molecule has 1 aliphatic heterocycles. The van der Waals surface area contributed by atoms with Crippen molar-refractivity contribution in [3.63, 3.8) is 0 Å². The average molecular weight is 287 g/mol. The zero-order valence-corrected chi connectivity index (χ0v) is 12.5. The highest BCUT2D eigenvalue weighted by molar-refractivity contribution is 5.44. The van der Waals surface area contributed by atoms with Crippen molar-refractivity contribution in [1.29, 1.82) is 0 Å². The minimum Gasteiger partial charge on any atom is -0.490 e. The van der Waals surface area contributed by atoms with E-state index in [0.29, 0.717) is 6.61 Å². The molecule has 0 saturated heterocycles. The normalized spacial score (nSPS) is 15.5. The van der Waals surface area contributed by atoms with Gasteiger partial charge in [0.2, 0.25) is 0 Å². The van der Waals surface area contributed by atoms with Crippen molar-refractivity contribution in [1.82, 2.24) is 15.1 Å². The van der Waals surface area contributed by atoms with E-state index in [9.17, 15) is 0 Å². The van der Waals surface area contributed by atoms with Gasteiger partial charge in [-0.1, -0.05) is 6.07 Å². The van der Waals surface area contributed by atoms with E-state index >= 15 is 0 Å². The number of ether oxygens (including phenoxy) is 2. The summed E-state index contributed by atoms with van der Waals surface area (Å²) >= 11 is 0. The van der Waals surface area contributed by atoms with Crippen LogP contribution in [0.5, 0.6) is 11.5 Å². The molecule has 112 valence electrons. The Kier molecular flexibility index (Phi) is 4.10. The maximum Gasteiger partial charge on any atom is 0.161 e. The van der Waals surface area contributed by atoms with Crippen LogP contribution in [-0.4, -0.2) is 23.0 Å². The molecule has 21 heavy (non-hydrogen) atoms. The fraction of sp³-hybridized carbons (Fsp3) is 0.438. The van der Waals surface area contributed by atoms with Crippen LogP contribution in [0, 0.1) is 0 Å². The number of benzene rings is 1. The molecule has 5 nitrogen and oxygen atoms in total. The van der Waals surface area contributed by atoms with Crippen molar-refractivity contribution in [2.24, 2.45) is 7.05 Å². The lowest BCUT2D eigenvalue weighted by molar-refractivity contribution is 0.297. The van der Waals surface area contributed by atoms with Crippen molar-refractivity contribution in [3.8, 4) is 11.5 Å². The van der Waals surface area contributed by atoms with E-state index in [1.165, 1.54) is 11.1 Å². The summed E-state index contributed by atoms with van der Waals surface area (Å²) in [5.41, 5.74) is 2.38. The molecule has 1 aromatic heterocycles. The number of aromatic nitrogens is 2. The summed E-state index contributed by atoms with van der Waals surface area (Å²) in [4.78, 5) is 0. The number of nitrogens with one attached hydrogen (secondary N) is 1. The summed E-state index contributed by atoms with van der Waals surface area (Å²) in [6.07, 6.45) is 4.83. The first-order chi connectivity index (χ1) is 10.2. The van der Waals surface area contributed by atoms with Crippen LogP contribution in [0.4, 0.5) is 0 Å². The zero-order chi connectivity index (χ0) is 14.7. The summed E-state index contributed by atoms with van der Waals surface area (Å²) in [5, 5.41) is 7.68. The molecule has 0 aliphatic carbocycles. The minimum absolute atomic E-state index is 0.238. The van der Waals surface area contributed by atoms with Gasteiger partial charge in [-0.3, -0.25) is 4.68 Å². The molecule has 0 radical (unpaired) electrons. The van der Waals surface area contributed by atoms with Crippen LogP contribution >= 0.6 is 0 Å². The quantitative estimate of drug-likeness (QED) is 0.938. The number of nitrogens with zero attached hydrogens (tertiary/aromatic N) is 2. The highest BCUT2D eigenvalue weighted by Crippen LogP contribution is 2.32. The third-order valence-electron chi connectivity index (χ3n) is 3.64. The van der Waals surface area contributed by atoms with Crippen LogP contribution in [0.3, 0.4) is 0 Å². The lowest BCUT2D eigenvalue weighted by Gasteiger charge is -2.16. The lowest BCUT2D eigenvalue weighted by Crippen LogP contribution is -2.17. The first-order valence-electron chi connectivity index (χ1n) is 7.33. The van der Waals surface area contributed by atoms with E-state index in [-0.39, 0.29) is 6.04 Å². The van der Waals surface area contributed by atoms with Gasteiger partial charge >= 0.3 is 0 Å². The molecule has 1 aliphatic rings. The topological polar surface area (TPSA) is 48.3 Å². The zero-order valence-electron chi connectivity index (χ0n) is 12.5. The maximum absolute atomic E-state index is 5.74. The van der Waals surface area contributed by atoms with Crippen molar-refractivity contribution in [3.05, 3.63) is 41.7 Å². The fourth-order valence-electron chi connectivity index (χ4n) is 2.40. The van der Waals surface area contributed by atoms with E-state index in [2.05, 4.69) is 29.5 Å². The fourth-order valence-corrected chi connectivity index (χ4v) is 2.40. The van der Waals surface area contributed by atoms with Crippen LogP contribution in [0.15, 0.2) is 30.6 Å². The Bertz CT molecular complexity index is 609. The second kappa shape index (κ2) is 6.18. The molecule has 5 heteroatoms. The molecule has 2 aromatic rings. The molecule has 0 spiro atoms. The molecule has 1 atom stereocenters. The summed E-state index contributed by atoms with van der Waals surface area (Å²) in [6.45, 7) is 4.38. The Morgan fingerprint density at radius 2 is 2.10 bits per heavy atom. The molecule has 3 rings (SSSR count). The van der Waals surface area contributed by atoms with Crippen molar-refractivity contribution in [2.45, 2.75) is 25.9 Å². The molecule has 2 heterocycles. The van der Waals surface area contributed by atoms with E-state index in [0.717, 1.165) is 31.1 Å². The predicted molar refractivity (Wildman–Crippen MR) is 80.5 cm³/mol. The van der Waals surface area contributed by atoms with Gasteiger partial charge in [-0.25, -0.2) is 0 Å². The van der Waals surface area contributed by atoms with Gasteiger partial charge < -0.3 is 14.8 Å². The van der Waals surface area contributed by atoms with Crippen molar-refractivity contribution in [2.75, 3.05) is 13.2 Å². The van der Waals surface area contributed by atoms with Gasteiger partial charge in [-0.15, -0.1) is 0 Å². The predicted octanol–water partition coefficient (Wildman–Crippen LogP) is 2.43. The Morgan fingerprint density at radius 1 is 1.29 bits per heavy atom. The molecule has 0 amide bonds. The van der Waals surface area contributed by atoms with E-state index in [4.69, 9.17) is 9.47 Å². The highest BCUT2D eigenvalue weighted by Gasteiger charge is 2.13.